The van der Waals surface area contributed by atoms with Crippen molar-refractivity contribution in [1.82, 2.24) is 0 Å². The van der Waals surface area contributed by atoms with Crippen molar-refractivity contribution in [1.29, 1.82) is 0 Å². The zero-order chi connectivity index (χ0) is 15.9. The number of carbonyl (C=O) groups is 1. The quantitative estimate of drug-likeness (QED) is 0.714. The second-order valence-electron chi connectivity index (χ2n) is 4.78. The number of amides is 1. The maximum absolute atomic E-state index is 12.2. The molecule has 0 aliphatic heterocycles. The van der Waals surface area contributed by atoms with Crippen LogP contribution in [-0.4, -0.2) is 12.5 Å². The van der Waals surface area contributed by atoms with Gasteiger partial charge in [0.25, 0.3) is 5.91 Å². The number of unbranched alkanes of at least 4 members (excludes halogenated alkanes) is 1. The van der Waals surface area contributed by atoms with Crippen molar-refractivity contribution in [2.45, 2.75) is 19.8 Å². The monoisotopic (exact) mass is 337 g/mol. The molecular formula is C17H17Cl2NO2. The topological polar surface area (TPSA) is 38.3 Å². The van der Waals surface area contributed by atoms with Crippen LogP contribution >= 0.6 is 23.2 Å². The minimum absolute atomic E-state index is 0.268. The van der Waals surface area contributed by atoms with Crippen LogP contribution in [-0.2, 0) is 0 Å². The summed E-state index contributed by atoms with van der Waals surface area (Å²) < 4.78 is 5.56. The lowest BCUT2D eigenvalue weighted by molar-refractivity contribution is 0.102. The molecule has 0 spiro atoms. The van der Waals surface area contributed by atoms with E-state index in [2.05, 4.69) is 12.2 Å². The first-order valence-electron chi connectivity index (χ1n) is 7.10. The second kappa shape index (κ2) is 8.06. The molecule has 2 aromatic carbocycles. The summed E-state index contributed by atoms with van der Waals surface area (Å²) in [5, 5.41) is 3.53. The summed E-state index contributed by atoms with van der Waals surface area (Å²) in [4.78, 5) is 12.2. The molecule has 1 N–H and O–H groups in total. The molecule has 0 atom stereocenters. The van der Waals surface area contributed by atoms with Crippen molar-refractivity contribution in [3.63, 3.8) is 0 Å². The number of carbonyl (C=O) groups excluding carboxylic acids is 1. The lowest BCUT2D eigenvalue weighted by atomic mass is 10.2. The van der Waals surface area contributed by atoms with Gasteiger partial charge in [0, 0.05) is 5.56 Å². The molecule has 0 heterocycles. The molecule has 5 heteroatoms. The molecule has 0 bridgehead atoms. The molecule has 22 heavy (non-hydrogen) atoms. The van der Waals surface area contributed by atoms with Crippen LogP contribution in [0.5, 0.6) is 5.75 Å². The Morgan fingerprint density at radius 3 is 2.32 bits per heavy atom. The highest BCUT2D eigenvalue weighted by Gasteiger charge is 2.11. The third-order valence-electron chi connectivity index (χ3n) is 3.08. The van der Waals surface area contributed by atoms with Crippen LogP contribution in [0.3, 0.4) is 0 Å². The van der Waals surface area contributed by atoms with E-state index in [1.54, 1.807) is 42.5 Å². The first kappa shape index (κ1) is 16.7. The predicted octanol–water partition coefficient (Wildman–Crippen LogP) is 5.42. The van der Waals surface area contributed by atoms with E-state index in [-0.39, 0.29) is 5.91 Å². The Hall–Kier alpha value is -1.71. The number of hydrogen-bond donors (Lipinski definition) is 1. The van der Waals surface area contributed by atoms with Crippen LogP contribution in [0.25, 0.3) is 0 Å². The average molecular weight is 338 g/mol. The summed E-state index contributed by atoms with van der Waals surface area (Å²) in [6.07, 6.45) is 2.09. The van der Waals surface area contributed by atoms with Crippen molar-refractivity contribution in [3.05, 3.63) is 58.1 Å². The van der Waals surface area contributed by atoms with E-state index in [0.717, 1.165) is 18.6 Å². The Labute approximate surface area is 140 Å². The SMILES string of the molecule is CCCCOc1ccc(C(=O)Nc2c(Cl)cccc2Cl)cc1. The van der Waals surface area contributed by atoms with Crippen LogP contribution in [0.1, 0.15) is 30.1 Å². The molecule has 0 aromatic heterocycles. The maximum Gasteiger partial charge on any atom is 0.255 e. The Kier molecular flexibility index (Phi) is 6.10. The van der Waals surface area contributed by atoms with Gasteiger partial charge in [-0.25, -0.2) is 0 Å². The van der Waals surface area contributed by atoms with E-state index in [1.165, 1.54) is 0 Å². The van der Waals surface area contributed by atoms with Gasteiger partial charge in [0.15, 0.2) is 0 Å². The molecule has 0 aliphatic carbocycles. The lowest BCUT2D eigenvalue weighted by Gasteiger charge is -2.10. The number of benzene rings is 2. The second-order valence-corrected chi connectivity index (χ2v) is 5.59. The zero-order valence-electron chi connectivity index (χ0n) is 12.2. The highest BCUT2D eigenvalue weighted by Crippen LogP contribution is 2.30. The number of nitrogens with one attached hydrogen (secondary N) is 1. The molecule has 116 valence electrons. The van der Waals surface area contributed by atoms with Crippen molar-refractivity contribution in [2.24, 2.45) is 0 Å². The molecule has 0 unspecified atom stereocenters. The van der Waals surface area contributed by atoms with Gasteiger partial charge in [-0.15, -0.1) is 0 Å². The Morgan fingerprint density at radius 2 is 1.73 bits per heavy atom. The van der Waals surface area contributed by atoms with Crippen LogP contribution in [0.4, 0.5) is 5.69 Å². The van der Waals surface area contributed by atoms with E-state index in [4.69, 9.17) is 27.9 Å². The number of anilines is 1. The first-order valence-corrected chi connectivity index (χ1v) is 7.85. The van der Waals surface area contributed by atoms with Gasteiger partial charge in [-0.2, -0.15) is 0 Å². The Balaban J connectivity index is 2.04. The largest absolute Gasteiger partial charge is 0.494 e. The van der Waals surface area contributed by atoms with Crippen LogP contribution in [0.2, 0.25) is 10.0 Å². The minimum Gasteiger partial charge on any atom is -0.494 e. The minimum atomic E-state index is -0.268. The molecule has 1 amide bonds. The number of rotatable bonds is 6. The van der Waals surface area contributed by atoms with Gasteiger partial charge in [-0.1, -0.05) is 42.6 Å². The van der Waals surface area contributed by atoms with E-state index < -0.39 is 0 Å². The molecule has 0 radical (unpaired) electrons. The highest BCUT2D eigenvalue weighted by atomic mass is 35.5. The zero-order valence-corrected chi connectivity index (χ0v) is 13.7. The summed E-state index contributed by atoms with van der Waals surface area (Å²) in [7, 11) is 0. The number of ether oxygens (including phenoxy) is 1. The van der Waals surface area contributed by atoms with Crippen LogP contribution in [0.15, 0.2) is 42.5 Å². The first-order chi connectivity index (χ1) is 10.6. The lowest BCUT2D eigenvalue weighted by Crippen LogP contribution is -2.12. The molecule has 0 aliphatic rings. The smallest absolute Gasteiger partial charge is 0.255 e. The molecule has 0 saturated carbocycles. The fourth-order valence-corrected chi connectivity index (χ4v) is 2.33. The summed E-state index contributed by atoms with van der Waals surface area (Å²) in [5.74, 6) is 0.482. The fraction of sp³-hybridized carbons (Fsp3) is 0.235. The van der Waals surface area contributed by atoms with E-state index in [1.807, 2.05) is 0 Å². The number of para-hydroxylation sites is 1. The summed E-state index contributed by atoms with van der Waals surface area (Å²) >= 11 is 12.1. The molecule has 2 rings (SSSR count). The van der Waals surface area contributed by atoms with Crippen LogP contribution < -0.4 is 10.1 Å². The summed E-state index contributed by atoms with van der Waals surface area (Å²) in [6.45, 7) is 2.79. The fourth-order valence-electron chi connectivity index (χ4n) is 1.84. The Morgan fingerprint density at radius 1 is 1.09 bits per heavy atom. The summed E-state index contributed by atoms with van der Waals surface area (Å²) in [5.41, 5.74) is 0.929. The van der Waals surface area contributed by atoms with Gasteiger partial charge >= 0.3 is 0 Å². The molecule has 0 fully saturated rings. The normalized spacial score (nSPS) is 10.3. The van der Waals surface area contributed by atoms with Crippen molar-refractivity contribution < 1.29 is 9.53 Å². The van der Waals surface area contributed by atoms with Gasteiger partial charge in [0.2, 0.25) is 0 Å². The molecule has 2 aromatic rings. The van der Waals surface area contributed by atoms with Gasteiger partial charge < -0.3 is 10.1 Å². The van der Waals surface area contributed by atoms with Gasteiger partial charge in [-0.05, 0) is 42.8 Å². The molecule has 3 nitrogen and oxygen atoms in total. The standard InChI is InChI=1S/C17H17Cl2NO2/c1-2-3-11-22-13-9-7-12(8-10-13)17(21)20-16-14(18)5-4-6-15(16)19/h4-10H,2-3,11H2,1H3,(H,20,21). The van der Waals surface area contributed by atoms with Crippen molar-refractivity contribution in [3.8, 4) is 5.75 Å². The highest BCUT2D eigenvalue weighted by molar-refractivity contribution is 6.40. The molecule has 0 saturated heterocycles. The predicted molar refractivity (Wildman–Crippen MR) is 91.3 cm³/mol. The van der Waals surface area contributed by atoms with Crippen molar-refractivity contribution >= 4 is 34.8 Å². The average Bonchev–Trinajstić information content (AvgIpc) is 2.52. The number of hydrogen-bond acceptors (Lipinski definition) is 2. The van der Waals surface area contributed by atoms with Gasteiger partial charge in [0.1, 0.15) is 5.75 Å². The molecular weight excluding hydrogens is 321 g/mol. The van der Waals surface area contributed by atoms with E-state index in [9.17, 15) is 4.79 Å². The van der Waals surface area contributed by atoms with E-state index >= 15 is 0 Å². The van der Waals surface area contributed by atoms with E-state index in [0.29, 0.717) is 27.9 Å². The Bertz CT molecular complexity index is 621. The van der Waals surface area contributed by atoms with Gasteiger partial charge in [0.05, 0.1) is 22.3 Å². The summed E-state index contributed by atoms with van der Waals surface area (Å²) in [6, 6.07) is 12.0. The van der Waals surface area contributed by atoms with Crippen molar-refractivity contribution in [2.75, 3.05) is 11.9 Å². The van der Waals surface area contributed by atoms with Crippen LogP contribution in [0, 0.1) is 0 Å². The maximum atomic E-state index is 12.2. The third kappa shape index (κ3) is 4.39. The van der Waals surface area contributed by atoms with Gasteiger partial charge in [-0.3, -0.25) is 4.79 Å². The third-order valence-corrected chi connectivity index (χ3v) is 3.71. The number of halogens is 2.